The Kier molecular flexibility index (Phi) is 11.0. The first-order valence-electron chi connectivity index (χ1n) is 5.20. The number of hydrogen-bond donors (Lipinski definition) is 4. The van der Waals surface area contributed by atoms with E-state index in [4.69, 9.17) is 39.6 Å². The molecule has 0 radical (unpaired) electrons. The number of hydrogen-bond acceptors (Lipinski definition) is 6. The van der Waals surface area contributed by atoms with Gasteiger partial charge < -0.3 is 40.2 Å². The maximum atomic E-state index is 9.04. The number of carboxylic acids is 4. The molecule has 0 atom stereocenters. The first-order valence-corrected chi connectivity index (χ1v) is 5.20. The number of carbonyl (C=O) groups is 4. The molecule has 0 saturated carbocycles. The number of likely N-dealkylation sites (N-methyl/N-ethyl adjacent to an activating group) is 1. The lowest BCUT2D eigenvalue weighted by atomic mass is 10.4. The minimum Gasteiger partial charge on any atom is -0.539 e. The van der Waals surface area contributed by atoms with Crippen LogP contribution >= 0.6 is 0 Å². The predicted molar refractivity (Wildman–Crippen MR) is 53.6 cm³/mol. The summed E-state index contributed by atoms with van der Waals surface area (Å²) >= 11 is 0. The molecular weight excluding hydrogens is 264 g/mol. The van der Waals surface area contributed by atoms with Crippen molar-refractivity contribution in [3.05, 3.63) is 0 Å². The topological polar surface area (TPSA) is 176 Å². The van der Waals surface area contributed by atoms with E-state index in [0.717, 1.165) is 0 Å². The van der Waals surface area contributed by atoms with Crippen LogP contribution in [0, 0.1) is 0 Å². The lowest BCUT2D eigenvalue weighted by molar-refractivity contribution is -0.930. The van der Waals surface area contributed by atoms with Gasteiger partial charge in [0.05, 0.1) is 7.05 Å². The molecule has 110 valence electrons. The third-order valence-corrected chi connectivity index (χ3v) is 1.90. The second kappa shape index (κ2) is 10.9. The van der Waals surface area contributed by atoms with E-state index in [9.17, 15) is 0 Å². The zero-order valence-corrected chi connectivity index (χ0v) is 10.2. The van der Waals surface area contributed by atoms with Crippen molar-refractivity contribution >= 4 is 23.9 Å². The highest BCUT2D eigenvalue weighted by molar-refractivity contribution is 6.26. The van der Waals surface area contributed by atoms with Gasteiger partial charge in [0, 0.05) is 0 Å². The van der Waals surface area contributed by atoms with Gasteiger partial charge in [-0.3, -0.25) is 0 Å². The van der Waals surface area contributed by atoms with E-state index in [1.54, 1.807) is 4.90 Å². The van der Waals surface area contributed by atoms with E-state index in [1.807, 2.05) is 0 Å². The third kappa shape index (κ3) is 15.8. The number of piperazine rings is 1. The Morgan fingerprint density at radius 3 is 1.32 bits per heavy atom. The fourth-order valence-corrected chi connectivity index (χ4v) is 0.966. The fraction of sp³-hybridized carbons (Fsp3) is 0.556. The smallest absolute Gasteiger partial charge is 0.351 e. The molecule has 1 aliphatic heterocycles. The van der Waals surface area contributed by atoms with Crippen molar-refractivity contribution in [3.63, 3.8) is 0 Å². The van der Waals surface area contributed by atoms with Gasteiger partial charge in [0.15, 0.2) is 11.9 Å². The van der Waals surface area contributed by atoms with Crippen LogP contribution in [0.4, 0.5) is 0 Å². The van der Waals surface area contributed by atoms with Gasteiger partial charge in [-0.1, -0.05) is 0 Å². The summed E-state index contributed by atoms with van der Waals surface area (Å²) in [5.41, 5.74) is 0. The van der Waals surface area contributed by atoms with Crippen LogP contribution in [0.3, 0.4) is 0 Å². The van der Waals surface area contributed by atoms with Gasteiger partial charge in [-0.05, 0) is 0 Å². The standard InChI is InChI=1S/C5H12N2.2C2H2O4/c1-7-4-2-6-3-5-7;2*3-1(4)2(5)6/h6H,2-5H2,1H3;2*(H,3,4)(H,5,6). The van der Waals surface area contributed by atoms with Crippen molar-refractivity contribution in [1.82, 2.24) is 0 Å². The molecule has 0 aliphatic carbocycles. The highest BCUT2D eigenvalue weighted by atomic mass is 16.4. The van der Waals surface area contributed by atoms with Crippen molar-refractivity contribution in [1.29, 1.82) is 0 Å². The molecule has 5 N–H and O–H groups in total. The molecule has 0 aromatic heterocycles. The largest absolute Gasteiger partial charge is 0.539 e. The van der Waals surface area contributed by atoms with Crippen LogP contribution in [0.15, 0.2) is 0 Å². The maximum absolute atomic E-state index is 9.04. The maximum Gasteiger partial charge on any atom is 0.351 e. The monoisotopic (exact) mass is 280 g/mol. The van der Waals surface area contributed by atoms with E-state index >= 15 is 0 Å². The molecule has 0 spiro atoms. The van der Waals surface area contributed by atoms with Gasteiger partial charge in [-0.15, -0.1) is 0 Å². The number of nitrogens with one attached hydrogen (secondary N) is 1. The van der Waals surface area contributed by atoms with Gasteiger partial charge in [-0.2, -0.15) is 0 Å². The van der Waals surface area contributed by atoms with E-state index in [1.165, 1.54) is 26.2 Å². The van der Waals surface area contributed by atoms with Gasteiger partial charge in [-0.25, -0.2) is 9.59 Å². The molecule has 0 unspecified atom stereocenters. The summed E-state index contributed by atoms with van der Waals surface area (Å²) in [4.78, 5) is 37.7. The molecule has 1 aliphatic rings. The summed E-state index contributed by atoms with van der Waals surface area (Å²) in [6, 6.07) is 0. The van der Waals surface area contributed by atoms with Crippen molar-refractivity contribution in [2.45, 2.75) is 0 Å². The molecule has 0 amide bonds. The number of rotatable bonds is 0. The van der Waals surface area contributed by atoms with Crippen LogP contribution in [-0.2, 0) is 19.2 Å². The van der Waals surface area contributed by atoms with Gasteiger partial charge >= 0.3 is 11.9 Å². The van der Waals surface area contributed by atoms with Crippen LogP contribution in [0.25, 0.3) is 0 Å². The average Bonchev–Trinajstić information content (AvgIpc) is 2.31. The minimum atomic E-state index is -2.07. The van der Waals surface area contributed by atoms with Crippen LogP contribution in [0.5, 0.6) is 0 Å². The highest BCUT2D eigenvalue weighted by Gasteiger charge is 2.08. The van der Waals surface area contributed by atoms with Crippen molar-refractivity contribution < 1.29 is 49.8 Å². The zero-order chi connectivity index (χ0) is 15.4. The molecule has 1 fully saturated rings. The quantitative estimate of drug-likeness (QED) is 0.316. The lowest BCUT2D eigenvalue weighted by Gasteiger charge is -2.16. The Morgan fingerprint density at radius 1 is 0.947 bits per heavy atom. The summed E-state index contributed by atoms with van der Waals surface area (Å²) in [5.74, 6) is -8.02. The second-order valence-corrected chi connectivity index (χ2v) is 3.51. The number of carbonyl (C=O) groups excluding carboxylic acids is 2. The van der Waals surface area contributed by atoms with Crippen molar-refractivity contribution in [3.8, 4) is 0 Å². The number of carboxylic acid groups (broad SMARTS) is 4. The van der Waals surface area contributed by atoms with E-state index < -0.39 is 23.9 Å². The molecule has 10 heteroatoms. The SMILES string of the molecule is C[NH+]1CC[NH2+]CC1.O=C([O-])C(=O)O.O=C([O-])C(=O)O. The Hall–Kier alpha value is -2.20. The van der Waals surface area contributed by atoms with Gasteiger partial charge in [0.25, 0.3) is 0 Å². The number of nitrogens with two attached hydrogens (primary N) is 1. The molecule has 1 rings (SSSR count). The molecule has 19 heavy (non-hydrogen) atoms. The summed E-state index contributed by atoms with van der Waals surface area (Å²) < 4.78 is 0. The summed E-state index contributed by atoms with van der Waals surface area (Å²) in [5, 5.41) is 35.0. The fourth-order valence-electron chi connectivity index (χ4n) is 0.966. The second-order valence-electron chi connectivity index (χ2n) is 3.51. The normalized spacial score (nSPS) is 13.9. The molecule has 10 nitrogen and oxygen atoms in total. The Labute approximate surface area is 108 Å². The highest BCUT2D eigenvalue weighted by Crippen LogP contribution is 1.50. The van der Waals surface area contributed by atoms with Crippen LogP contribution in [0.1, 0.15) is 0 Å². The Morgan fingerprint density at radius 2 is 1.21 bits per heavy atom. The predicted octanol–water partition coefficient (Wildman–Crippen LogP) is -7.28. The summed E-state index contributed by atoms with van der Waals surface area (Å²) in [6.45, 7) is 5.34. The minimum absolute atomic E-state index is 1.33. The van der Waals surface area contributed by atoms with E-state index in [-0.39, 0.29) is 0 Å². The van der Waals surface area contributed by atoms with Crippen LogP contribution in [-0.4, -0.2) is 67.3 Å². The lowest BCUT2D eigenvalue weighted by Crippen LogP contribution is -3.18. The summed E-state index contributed by atoms with van der Waals surface area (Å²) in [7, 11) is 2.26. The number of aliphatic carboxylic acids is 4. The van der Waals surface area contributed by atoms with Crippen LogP contribution < -0.4 is 20.4 Å². The molecule has 1 saturated heterocycles. The number of quaternary nitrogens is 2. The zero-order valence-electron chi connectivity index (χ0n) is 10.2. The van der Waals surface area contributed by atoms with Gasteiger partial charge in [0.1, 0.15) is 26.2 Å². The summed E-state index contributed by atoms with van der Waals surface area (Å²) in [6.07, 6.45) is 0. The molecule has 0 aromatic rings. The van der Waals surface area contributed by atoms with Crippen molar-refractivity contribution in [2.75, 3.05) is 33.2 Å². The van der Waals surface area contributed by atoms with Gasteiger partial charge in [0.2, 0.25) is 0 Å². The molecule has 0 bridgehead atoms. The molecule has 1 heterocycles. The van der Waals surface area contributed by atoms with Crippen molar-refractivity contribution in [2.24, 2.45) is 0 Å². The van der Waals surface area contributed by atoms with E-state index in [0.29, 0.717) is 0 Å². The van der Waals surface area contributed by atoms with E-state index in [2.05, 4.69) is 12.4 Å². The molecule has 0 aromatic carbocycles. The first-order chi connectivity index (χ1) is 8.68. The van der Waals surface area contributed by atoms with Crippen LogP contribution in [0.2, 0.25) is 0 Å². The Balaban J connectivity index is 0. The third-order valence-electron chi connectivity index (χ3n) is 1.90. The average molecular weight is 280 g/mol. The molecular formula is C9H16N2O8. The first kappa shape index (κ1) is 19.1. The Bertz CT molecular complexity index is 276.